The van der Waals surface area contributed by atoms with Crippen LogP contribution in [0.25, 0.3) is 11.1 Å². The van der Waals surface area contributed by atoms with Crippen molar-refractivity contribution in [2.75, 3.05) is 0 Å². The van der Waals surface area contributed by atoms with Crippen molar-refractivity contribution in [1.29, 1.82) is 0 Å². The summed E-state index contributed by atoms with van der Waals surface area (Å²) >= 11 is 0. The first kappa shape index (κ1) is 24.3. The number of amidine groups is 1. The van der Waals surface area contributed by atoms with E-state index in [-0.39, 0.29) is 12.0 Å². The molecule has 2 heterocycles. The van der Waals surface area contributed by atoms with E-state index in [1.165, 1.54) is 0 Å². The first-order valence-electron chi connectivity index (χ1n) is 11.9. The van der Waals surface area contributed by atoms with Gasteiger partial charge in [0, 0.05) is 35.0 Å². The average Bonchev–Trinajstić information content (AvgIpc) is 3.09. The third kappa shape index (κ3) is 4.96. The molecule has 0 saturated heterocycles. The first-order valence-corrected chi connectivity index (χ1v) is 11.9. The van der Waals surface area contributed by atoms with Gasteiger partial charge in [-0.2, -0.15) is 0 Å². The van der Waals surface area contributed by atoms with Gasteiger partial charge in [0.25, 0.3) is 0 Å². The quantitative estimate of drug-likeness (QED) is 0.410. The Bertz CT molecular complexity index is 1180. The van der Waals surface area contributed by atoms with Crippen LogP contribution >= 0.6 is 0 Å². The van der Waals surface area contributed by atoms with E-state index in [4.69, 9.17) is 20.5 Å². The summed E-state index contributed by atoms with van der Waals surface area (Å²) in [5, 5.41) is 10.1. The highest BCUT2D eigenvalue weighted by atomic mass is 16.6. The SMILES string of the molecule is BC(B)(O)OC1CCC(C2(c3cc(-c4cncc(C#CC)c4)ccc3C)N=C(C)C(N)=N2)CC1. The second-order valence-electron chi connectivity index (χ2n) is 9.83. The van der Waals surface area contributed by atoms with Crippen LogP contribution in [0.4, 0.5) is 0 Å². The summed E-state index contributed by atoms with van der Waals surface area (Å²) in [7, 11) is 3.36. The third-order valence-electron chi connectivity index (χ3n) is 6.67. The molecule has 1 aromatic carbocycles. The molecule has 8 heteroatoms. The van der Waals surface area contributed by atoms with Crippen LogP contribution in [-0.2, 0) is 10.4 Å². The molecular weight excluding hydrogens is 422 g/mol. The highest BCUT2D eigenvalue weighted by Gasteiger charge is 2.46. The summed E-state index contributed by atoms with van der Waals surface area (Å²) < 4.78 is 5.84. The highest BCUT2D eigenvalue weighted by molar-refractivity contribution is 6.41. The minimum absolute atomic E-state index is 0.0297. The molecule has 0 bridgehead atoms. The normalized spacial score (nSPS) is 24.7. The van der Waals surface area contributed by atoms with E-state index in [1.54, 1.807) is 21.9 Å². The number of aliphatic hydroxyl groups is 1. The molecule has 2 aliphatic rings. The Labute approximate surface area is 204 Å². The number of pyridine rings is 1. The smallest absolute Gasteiger partial charge is 0.181 e. The highest BCUT2D eigenvalue weighted by Crippen LogP contribution is 2.47. The Morgan fingerprint density at radius 1 is 1.09 bits per heavy atom. The van der Waals surface area contributed by atoms with Crippen molar-refractivity contribution in [3.63, 3.8) is 0 Å². The zero-order valence-corrected chi connectivity index (χ0v) is 20.7. The summed E-state index contributed by atoms with van der Waals surface area (Å²) in [5.41, 5.74) is 10.4. The van der Waals surface area contributed by atoms with E-state index in [1.807, 2.05) is 20.0 Å². The zero-order chi connectivity index (χ0) is 24.5. The average molecular weight is 454 g/mol. The lowest BCUT2D eigenvalue weighted by molar-refractivity contribution is -0.129. The standard InChI is InChI=1S/C26H32B2N4O2/c1-4-5-18-12-20(15-30-14-18)19-7-6-16(2)23(13-19)25(31-17(3)24(29)32-25)21-8-10-22(11-9-21)34-26(27,28)33/h6-7,12-15,21-22,33H,8-11,27-28H2,1-3H3,(H2,29,32). The Morgan fingerprint density at radius 2 is 1.82 bits per heavy atom. The first-order chi connectivity index (χ1) is 16.1. The van der Waals surface area contributed by atoms with E-state index in [0.29, 0.717) is 5.84 Å². The number of hydrogen-bond donors (Lipinski definition) is 2. The third-order valence-corrected chi connectivity index (χ3v) is 6.67. The fraction of sp³-hybridized carbons (Fsp3) is 0.423. The zero-order valence-electron chi connectivity index (χ0n) is 20.7. The van der Waals surface area contributed by atoms with Crippen molar-refractivity contribution in [3.05, 3.63) is 53.3 Å². The van der Waals surface area contributed by atoms with E-state index >= 15 is 0 Å². The van der Waals surface area contributed by atoms with Crippen molar-refractivity contribution in [1.82, 2.24) is 4.98 Å². The fourth-order valence-corrected chi connectivity index (χ4v) is 5.12. The number of aromatic nitrogens is 1. The Kier molecular flexibility index (Phi) is 6.71. The molecule has 1 aliphatic heterocycles. The number of nitrogens with zero attached hydrogens (tertiary/aromatic N) is 3. The summed E-state index contributed by atoms with van der Waals surface area (Å²) in [4.78, 5) is 14.5. The summed E-state index contributed by atoms with van der Waals surface area (Å²) in [6.07, 6.45) is 7.15. The number of aliphatic imine (C=N–C) groups is 2. The van der Waals surface area contributed by atoms with Gasteiger partial charge in [0.1, 0.15) is 5.84 Å². The lowest BCUT2D eigenvalue weighted by Crippen LogP contribution is -2.41. The molecule has 34 heavy (non-hydrogen) atoms. The van der Waals surface area contributed by atoms with Gasteiger partial charge in [-0.3, -0.25) is 9.98 Å². The maximum atomic E-state index is 10.1. The molecule has 1 atom stereocenters. The van der Waals surface area contributed by atoms with Gasteiger partial charge in [-0.1, -0.05) is 18.1 Å². The van der Waals surface area contributed by atoms with Gasteiger partial charge in [-0.25, -0.2) is 4.99 Å². The molecule has 4 rings (SSSR count). The summed E-state index contributed by atoms with van der Waals surface area (Å²) in [6.45, 7) is 5.86. The van der Waals surface area contributed by atoms with E-state index < -0.39 is 11.2 Å². The molecule has 1 fully saturated rings. The van der Waals surface area contributed by atoms with Gasteiger partial charge in [-0.15, -0.1) is 5.92 Å². The molecule has 6 nitrogen and oxygen atoms in total. The predicted molar refractivity (Wildman–Crippen MR) is 142 cm³/mol. The van der Waals surface area contributed by atoms with Crippen LogP contribution in [0.5, 0.6) is 0 Å². The van der Waals surface area contributed by atoms with Gasteiger partial charge < -0.3 is 15.6 Å². The van der Waals surface area contributed by atoms with Crippen LogP contribution in [0, 0.1) is 24.7 Å². The maximum Gasteiger partial charge on any atom is 0.181 e. The van der Waals surface area contributed by atoms with Crippen molar-refractivity contribution >= 4 is 27.2 Å². The molecule has 2 aromatic rings. The maximum absolute atomic E-state index is 10.1. The van der Waals surface area contributed by atoms with E-state index in [2.05, 4.69) is 48.0 Å². The van der Waals surface area contributed by atoms with Crippen LogP contribution in [0.3, 0.4) is 0 Å². The van der Waals surface area contributed by atoms with Crippen LogP contribution in [0.1, 0.15) is 56.2 Å². The molecule has 0 radical (unpaired) electrons. The van der Waals surface area contributed by atoms with Gasteiger partial charge in [0.2, 0.25) is 0 Å². The molecule has 1 aromatic heterocycles. The van der Waals surface area contributed by atoms with E-state index in [0.717, 1.165) is 59.2 Å². The fourth-order valence-electron chi connectivity index (χ4n) is 5.12. The minimum Gasteiger partial charge on any atom is -0.382 e. The van der Waals surface area contributed by atoms with Gasteiger partial charge in [-0.05, 0) is 69.7 Å². The molecule has 1 aliphatic carbocycles. The molecule has 1 unspecified atom stereocenters. The van der Waals surface area contributed by atoms with Crippen molar-refractivity contribution in [3.8, 4) is 23.0 Å². The van der Waals surface area contributed by atoms with Crippen LogP contribution < -0.4 is 5.73 Å². The summed E-state index contributed by atoms with van der Waals surface area (Å²) in [5.74, 6) is 6.72. The molecular formula is C26H32B2N4O2. The second-order valence-corrected chi connectivity index (χ2v) is 9.83. The number of ether oxygens (including phenoxy) is 1. The van der Waals surface area contributed by atoms with Crippen molar-refractivity contribution < 1.29 is 9.84 Å². The number of aryl methyl sites for hydroxylation is 1. The second kappa shape index (κ2) is 9.40. The number of nitrogens with two attached hydrogens (primary N) is 1. The minimum atomic E-state index is -1.13. The van der Waals surface area contributed by atoms with Crippen LogP contribution in [-0.4, -0.2) is 49.0 Å². The Hall–Kier alpha value is -2.88. The molecule has 0 amide bonds. The van der Waals surface area contributed by atoms with E-state index in [9.17, 15) is 5.11 Å². The number of hydrogen-bond acceptors (Lipinski definition) is 6. The van der Waals surface area contributed by atoms with Gasteiger partial charge in [0.05, 0.1) is 17.4 Å². The Morgan fingerprint density at radius 3 is 2.44 bits per heavy atom. The molecule has 3 N–H and O–H groups in total. The molecule has 1 saturated carbocycles. The Balaban J connectivity index is 1.73. The monoisotopic (exact) mass is 454 g/mol. The van der Waals surface area contributed by atoms with Crippen LogP contribution in [0.15, 0.2) is 46.6 Å². The molecule has 0 spiro atoms. The predicted octanol–water partition coefficient (Wildman–Crippen LogP) is 1.86. The van der Waals surface area contributed by atoms with Gasteiger partial charge in [0.15, 0.2) is 21.4 Å². The van der Waals surface area contributed by atoms with Crippen molar-refractivity contribution in [2.24, 2.45) is 21.6 Å². The lowest BCUT2D eigenvalue weighted by atomic mass is 9.73. The molecule has 174 valence electrons. The largest absolute Gasteiger partial charge is 0.382 e. The number of benzene rings is 1. The lowest BCUT2D eigenvalue weighted by Gasteiger charge is -2.40. The van der Waals surface area contributed by atoms with Crippen molar-refractivity contribution in [2.45, 2.75) is 63.8 Å². The van der Waals surface area contributed by atoms with Gasteiger partial charge >= 0.3 is 0 Å². The van der Waals surface area contributed by atoms with Crippen LogP contribution in [0.2, 0.25) is 0 Å². The topological polar surface area (TPSA) is 93.1 Å². The number of rotatable bonds is 5. The summed E-state index contributed by atoms with van der Waals surface area (Å²) in [6, 6.07) is 8.49.